The highest BCUT2D eigenvalue weighted by Crippen LogP contribution is 2.31. The molecule has 3 aromatic rings. The quantitative estimate of drug-likeness (QED) is 0.674. The molecule has 0 saturated heterocycles. The molecule has 2 aromatic heterocycles. The van der Waals surface area contributed by atoms with Crippen molar-refractivity contribution >= 4 is 38.7 Å². The van der Waals surface area contributed by atoms with Crippen LogP contribution in [0.15, 0.2) is 38.3 Å². The number of anilines is 2. The van der Waals surface area contributed by atoms with E-state index in [2.05, 4.69) is 25.8 Å². The third-order valence-electron chi connectivity index (χ3n) is 4.90. The lowest BCUT2D eigenvalue weighted by atomic mass is 10.2. The van der Waals surface area contributed by atoms with Crippen molar-refractivity contribution in [2.24, 2.45) is 7.05 Å². The van der Waals surface area contributed by atoms with E-state index in [0.29, 0.717) is 30.1 Å². The molecule has 0 atom stereocenters. The van der Waals surface area contributed by atoms with Gasteiger partial charge in [-0.1, -0.05) is 15.9 Å². The smallest absolute Gasteiger partial charge is 0.332 e. The minimum atomic E-state index is -0.411. The van der Waals surface area contributed by atoms with Crippen molar-refractivity contribution in [1.82, 2.24) is 18.7 Å². The molecule has 1 aliphatic rings. The van der Waals surface area contributed by atoms with Gasteiger partial charge in [-0.3, -0.25) is 13.9 Å². The van der Waals surface area contributed by atoms with Gasteiger partial charge in [-0.2, -0.15) is 4.98 Å². The summed E-state index contributed by atoms with van der Waals surface area (Å²) in [7, 11) is 1.63. The second-order valence-electron chi connectivity index (χ2n) is 6.59. The van der Waals surface area contributed by atoms with Crippen LogP contribution in [0.3, 0.4) is 0 Å². The highest BCUT2D eigenvalue weighted by molar-refractivity contribution is 9.10. The first-order valence-electron chi connectivity index (χ1n) is 8.87. The van der Waals surface area contributed by atoms with Gasteiger partial charge in [0.25, 0.3) is 5.56 Å². The zero-order valence-electron chi connectivity index (χ0n) is 14.9. The van der Waals surface area contributed by atoms with Crippen LogP contribution < -0.4 is 16.1 Å². The molecule has 9 heteroatoms. The molecule has 0 bridgehead atoms. The van der Waals surface area contributed by atoms with Gasteiger partial charge >= 0.3 is 5.69 Å². The third kappa shape index (κ3) is 2.90. The predicted octanol–water partition coefficient (Wildman–Crippen LogP) is 1.58. The number of aliphatic hydroxyl groups excluding tert-OH is 1. The number of aryl methyl sites for hydroxylation is 2. The first-order chi connectivity index (χ1) is 13.0. The first kappa shape index (κ1) is 18.0. The van der Waals surface area contributed by atoms with Crippen LogP contribution in [0.1, 0.15) is 12.8 Å². The lowest BCUT2D eigenvalue weighted by molar-refractivity contribution is 0.277. The van der Waals surface area contributed by atoms with Gasteiger partial charge < -0.3 is 14.6 Å². The van der Waals surface area contributed by atoms with Gasteiger partial charge in [0.1, 0.15) is 0 Å². The summed E-state index contributed by atoms with van der Waals surface area (Å²) in [5.41, 5.74) is 1.06. The van der Waals surface area contributed by atoms with Gasteiger partial charge in [0.15, 0.2) is 11.2 Å². The Bertz CT molecular complexity index is 1110. The highest BCUT2D eigenvalue weighted by Gasteiger charge is 2.26. The van der Waals surface area contributed by atoms with Gasteiger partial charge in [-0.05, 0) is 37.1 Å². The predicted molar refractivity (Wildman–Crippen MR) is 107 cm³/mol. The van der Waals surface area contributed by atoms with Crippen molar-refractivity contribution in [3.63, 3.8) is 0 Å². The first-order valence-corrected chi connectivity index (χ1v) is 9.66. The van der Waals surface area contributed by atoms with Gasteiger partial charge in [-0.25, -0.2) is 4.79 Å². The second kappa shape index (κ2) is 6.97. The number of halogens is 1. The van der Waals surface area contributed by atoms with E-state index in [0.717, 1.165) is 23.1 Å². The number of nitrogens with zero attached hydrogens (tertiary/aromatic N) is 5. The number of hydrogen-bond donors (Lipinski definition) is 1. The average Bonchev–Trinajstić information content (AvgIpc) is 3.07. The summed E-state index contributed by atoms with van der Waals surface area (Å²) in [4.78, 5) is 32.3. The Balaban J connectivity index is 1.94. The third-order valence-corrected chi connectivity index (χ3v) is 5.42. The molecular weight excluding hydrogens is 414 g/mol. The Kier molecular flexibility index (Phi) is 4.65. The molecule has 0 unspecified atom stereocenters. The summed E-state index contributed by atoms with van der Waals surface area (Å²) in [5.74, 6) is 0.672. The van der Waals surface area contributed by atoms with E-state index in [4.69, 9.17) is 5.11 Å². The Labute approximate surface area is 163 Å². The van der Waals surface area contributed by atoms with Crippen LogP contribution in [0.5, 0.6) is 0 Å². The minimum absolute atomic E-state index is 0.0739. The van der Waals surface area contributed by atoms with E-state index >= 15 is 0 Å². The zero-order chi connectivity index (χ0) is 19.1. The van der Waals surface area contributed by atoms with Gasteiger partial charge in [-0.15, -0.1) is 0 Å². The molecule has 8 nitrogen and oxygen atoms in total. The van der Waals surface area contributed by atoms with E-state index in [9.17, 15) is 9.59 Å². The van der Waals surface area contributed by atoms with E-state index in [1.807, 2.05) is 28.8 Å². The standard InChI is InChI=1S/C18H20BrN5O3/c1-21-15-14(16(26)24(18(21)27)10-3-11-25)23-9-2-8-22(17(23)20-15)13-6-4-12(19)5-7-13/h4-7,25H,2-3,8-11H2,1H3. The van der Waals surface area contributed by atoms with E-state index in [1.165, 1.54) is 9.13 Å². The molecular formula is C18H20BrN5O3. The fourth-order valence-electron chi connectivity index (χ4n) is 3.56. The molecule has 4 rings (SSSR count). The number of hydrogen-bond acceptors (Lipinski definition) is 5. The van der Waals surface area contributed by atoms with Crippen molar-refractivity contribution in [2.75, 3.05) is 18.1 Å². The number of aromatic nitrogens is 4. The van der Waals surface area contributed by atoms with Crippen LogP contribution in [0.25, 0.3) is 11.2 Å². The van der Waals surface area contributed by atoms with Crippen LogP contribution in [0.2, 0.25) is 0 Å². The molecule has 0 amide bonds. The van der Waals surface area contributed by atoms with Gasteiger partial charge in [0, 0.05) is 43.4 Å². The summed E-state index contributed by atoms with van der Waals surface area (Å²) in [6.07, 6.45) is 1.22. The molecule has 1 aromatic carbocycles. The van der Waals surface area contributed by atoms with Gasteiger partial charge in [0.05, 0.1) is 0 Å². The monoisotopic (exact) mass is 433 g/mol. The molecule has 142 valence electrons. The van der Waals surface area contributed by atoms with E-state index in [1.54, 1.807) is 7.05 Å². The average molecular weight is 434 g/mol. The molecule has 27 heavy (non-hydrogen) atoms. The van der Waals surface area contributed by atoms with Crippen molar-refractivity contribution in [2.45, 2.75) is 25.9 Å². The normalized spacial score (nSPS) is 14.0. The maximum Gasteiger partial charge on any atom is 0.332 e. The fraction of sp³-hybridized carbons (Fsp3) is 0.389. The van der Waals surface area contributed by atoms with Crippen LogP contribution in [-0.2, 0) is 20.1 Å². The van der Waals surface area contributed by atoms with Crippen LogP contribution in [0, 0.1) is 0 Å². The Morgan fingerprint density at radius 2 is 1.93 bits per heavy atom. The summed E-state index contributed by atoms with van der Waals surface area (Å²) in [6.45, 7) is 1.58. The Morgan fingerprint density at radius 3 is 2.63 bits per heavy atom. The SMILES string of the molecule is Cn1c(=O)n(CCCO)c(=O)c2c1nc1n2CCCN1c1ccc(Br)cc1. The minimum Gasteiger partial charge on any atom is -0.396 e. The van der Waals surface area contributed by atoms with Crippen molar-refractivity contribution in [1.29, 1.82) is 0 Å². The molecule has 1 aliphatic heterocycles. The fourth-order valence-corrected chi connectivity index (χ4v) is 3.82. The molecule has 0 fully saturated rings. The lowest BCUT2D eigenvalue weighted by Crippen LogP contribution is -2.40. The molecule has 0 saturated carbocycles. The second-order valence-corrected chi connectivity index (χ2v) is 7.51. The number of imidazole rings is 1. The number of aliphatic hydroxyl groups is 1. The van der Waals surface area contributed by atoms with Crippen molar-refractivity contribution in [3.8, 4) is 0 Å². The van der Waals surface area contributed by atoms with Crippen LogP contribution in [0.4, 0.5) is 11.6 Å². The Morgan fingerprint density at radius 1 is 1.19 bits per heavy atom. The van der Waals surface area contributed by atoms with Crippen LogP contribution >= 0.6 is 15.9 Å². The largest absolute Gasteiger partial charge is 0.396 e. The van der Waals surface area contributed by atoms with Gasteiger partial charge in [0.2, 0.25) is 5.95 Å². The number of benzene rings is 1. The van der Waals surface area contributed by atoms with E-state index < -0.39 is 5.69 Å². The lowest BCUT2D eigenvalue weighted by Gasteiger charge is -2.29. The summed E-state index contributed by atoms with van der Waals surface area (Å²) >= 11 is 3.45. The number of rotatable bonds is 4. The summed E-state index contributed by atoms with van der Waals surface area (Å²) in [5, 5.41) is 9.07. The maximum atomic E-state index is 13.0. The molecule has 0 spiro atoms. The topological polar surface area (TPSA) is 85.3 Å². The molecule has 1 N–H and O–H groups in total. The summed E-state index contributed by atoms with van der Waals surface area (Å²) in [6, 6.07) is 7.93. The molecule has 0 radical (unpaired) electrons. The number of fused-ring (bicyclic) bond motifs is 3. The molecule has 0 aliphatic carbocycles. The van der Waals surface area contributed by atoms with Crippen LogP contribution in [-0.4, -0.2) is 36.9 Å². The van der Waals surface area contributed by atoms with Crippen molar-refractivity contribution < 1.29 is 5.11 Å². The molecule has 3 heterocycles. The van der Waals surface area contributed by atoms with Crippen molar-refractivity contribution in [3.05, 3.63) is 49.6 Å². The maximum absolute atomic E-state index is 13.0. The highest BCUT2D eigenvalue weighted by atomic mass is 79.9. The zero-order valence-corrected chi connectivity index (χ0v) is 16.5. The Hall–Kier alpha value is -2.39. The summed E-state index contributed by atoms with van der Waals surface area (Å²) < 4.78 is 5.49. The van der Waals surface area contributed by atoms with E-state index in [-0.39, 0.29) is 18.7 Å².